The molecule has 0 radical (unpaired) electrons. The summed E-state index contributed by atoms with van der Waals surface area (Å²) in [5.74, 6) is -1.81. The lowest BCUT2D eigenvalue weighted by atomic mass is 10.3. The van der Waals surface area contributed by atoms with Crippen molar-refractivity contribution >= 4 is 35.4 Å². The molecular formula is C15H16ClN3O5. The van der Waals surface area contributed by atoms with Gasteiger partial charge in [-0.15, -0.1) is 0 Å². The molecule has 1 fully saturated rings. The number of amides is 5. The van der Waals surface area contributed by atoms with E-state index in [0.717, 1.165) is 0 Å². The number of benzene rings is 1. The van der Waals surface area contributed by atoms with Crippen LogP contribution in [-0.4, -0.2) is 72.2 Å². The van der Waals surface area contributed by atoms with Gasteiger partial charge in [-0.05, 0) is 24.3 Å². The molecule has 1 heterocycles. The van der Waals surface area contributed by atoms with Crippen LogP contribution in [0.2, 0.25) is 5.02 Å². The van der Waals surface area contributed by atoms with Crippen LogP contribution in [-0.2, 0) is 14.4 Å². The van der Waals surface area contributed by atoms with Gasteiger partial charge in [0.15, 0.2) is 0 Å². The first-order valence-electron chi connectivity index (χ1n) is 7.07. The number of halogens is 1. The lowest BCUT2D eigenvalue weighted by Gasteiger charge is -2.20. The Kier molecular flexibility index (Phi) is 5.40. The highest BCUT2D eigenvalue weighted by molar-refractivity contribution is 6.44. The van der Waals surface area contributed by atoms with E-state index in [-0.39, 0.29) is 13.2 Å². The average molecular weight is 354 g/mol. The lowest BCUT2D eigenvalue weighted by Crippen LogP contribution is -2.42. The molecule has 128 valence electrons. The molecule has 0 unspecified atom stereocenters. The molecule has 0 aliphatic carbocycles. The zero-order chi connectivity index (χ0) is 17.9. The number of hydrogen-bond acceptors (Lipinski definition) is 5. The van der Waals surface area contributed by atoms with E-state index in [0.29, 0.717) is 20.6 Å². The quantitative estimate of drug-likeness (QED) is 0.552. The molecule has 1 aliphatic heterocycles. The molecule has 1 aliphatic rings. The van der Waals surface area contributed by atoms with Gasteiger partial charge in [-0.3, -0.25) is 19.3 Å². The van der Waals surface area contributed by atoms with E-state index in [1.54, 1.807) is 24.3 Å². The molecule has 2 rings (SSSR count). The first-order valence-corrected chi connectivity index (χ1v) is 7.45. The van der Waals surface area contributed by atoms with Crippen LogP contribution in [0.4, 0.5) is 4.79 Å². The van der Waals surface area contributed by atoms with Crippen LogP contribution in [0.25, 0.3) is 0 Å². The van der Waals surface area contributed by atoms with Crippen LogP contribution < -0.4 is 4.74 Å². The van der Waals surface area contributed by atoms with Crippen LogP contribution in [0.15, 0.2) is 24.3 Å². The van der Waals surface area contributed by atoms with Crippen molar-refractivity contribution in [1.29, 1.82) is 0 Å². The number of imide groups is 2. The van der Waals surface area contributed by atoms with Gasteiger partial charge in [0.2, 0.25) is 5.91 Å². The fourth-order valence-corrected chi connectivity index (χ4v) is 2.09. The number of carbonyl (C=O) groups is 4. The summed E-state index contributed by atoms with van der Waals surface area (Å²) < 4.78 is 5.47. The van der Waals surface area contributed by atoms with Crippen molar-refractivity contribution < 1.29 is 23.9 Å². The maximum Gasteiger partial charge on any atom is 0.334 e. The van der Waals surface area contributed by atoms with Crippen LogP contribution >= 0.6 is 11.6 Å². The molecule has 0 aromatic heterocycles. The van der Waals surface area contributed by atoms with E-state index in [2.05, 4.69) is 0 Å². The average Bonchev–Trinajstić information content (AvgIpc) is 2.74. The van der Waals surface area contributed by atoms with Gasteiger partial charge in [0, 0.05) is 19.1 Å². The van der Waals surface area contributed by atoms with Gasteiger partial charge >= 0.3 is 17.8 Å². The Morgan fingerprint density at radius 1 is 1.17 bits per heavy atom. The number of likely N-dealkylation sites (N-methyl/N-ethyl adjacent to an activating group) is 2. The Morgan fingerprint density at radius 3 is 2.33 bits per heavy atom. The Labute approximate surface area is 143 Å². The molecule has 24 heavy (non-hydrogen) atoms. The molecular weight excluding hydrogens is 338 g/mol. The van der Waals surface area contributed by atoms with Gasteiger partial charge in [-0.25, -0.2) is 9.69 Å². The van der Waals surface area contributed by atoms with Gasteiger partial charge in [0.1, 0.15) is 18.9 Å². The minimum absolute atomic E-state index is 0.227. The predicted molar refractivity (Wildman–Crippen MR) is 84.5 cm³/mol. The van der Waals surface area contributed by atoms with Gasteiger partial charge in [-0.2, -0.15) is 0 Å². The van der Waals surface area contributed by atoms with E-state index < -0.39 is 30.3 Å². The lowest BCUT2D eigenvalue weighted by molar-refractivity contribution is -0.144. The molecule has 1 saturated heterocycles. The number of nitrogens with zero attached hydrogens (tertiary/aromatic N) is 3. The highest BCUT2D eigenvalue weighted by atomic mass is 35.5. The van der Waals surface area contributed by atoms with Crippen LogP contribution in [0.1, 0.15) is 0 Å². The molecule has 9 heteroatoms. The summed E-state index contributed by atoms with van der Waals surface area (Å²) in [5.41, 5.74) is 0. The molecule has 1 aromatic rings. The van der Waals surface area contributed by atoms with E-state index in [9.17, 15) is 19.2 Å². The Morgan fingerprint density at radius 2 is 1.79 bits per heavy atom. The summed E-state index contributed by atoms with van der Waals surface area (Å²) in [7, 11) is 2.71. The summed E-state index contributed by atoms with van der Waals surface area (Å²) >= 11 is 5.77. The predicted octanol–water partition coefficient (Wildman–Crippen LogP) is 0.598. The summed E-state index contributed by atoms with van der Waals surface area (Å²) in [6.07, 6.45) is 0. The van der Waals surface area contributed by atoms with Crippen molar-refractivity contribution in [2.45, 2.75) is 0 Å². The van der Waals surface area contributed by atoms with Crippen molar-refractivity contribution in [2.75, 3.05) is 33.8 Å². The molecule has 0 bridgehead atoms. The SMILES string of the molecule is CN(CCOc1ccc(Cl)cc1)C(=O)CN1C(=O)C(=O)N(C)C1=O. The van der Waals surface area contributed by atoms with Crippen molar-refractivity contribution in [3.63, 3.8) is 0 Å². The normalized spacial score (nSPS) is 14.4. The second-order valence-corrected chi connectivity index (χ2v) is 5.59. The second kappa shape index (κ2) is 7.31. The number of hydrogen-bond donors (Lipinski definition) is 0. The summed E-state index contributed by atoms with van der Waals surface area (Å²) in [6.45, 7) is -0.00272. The smallest absolute Gasteiger partial charge is 0.334 e. The fourth-order valence-electron chi connectivity index (χ4n) is 1.97. The molecule has 0 atom stereocenters. The largest absolute Gasteiger partial charge is 0.492 e. The first-order chi connectivity index (χ1) is 11.3. The minimum Gasteiger partial charge on any atom is -0.492 e. The summed E-state index contributed by atoms with van der Waals surface area (Å²) in [5, 5.41) is 0.592. The van der Waals surface area contributed by atoms with Crippen molar-refractivity contribution in [3.05, 3.63) is 29.3 Å². The maximum atomic E-state index is 12.1. The third-order valence-electron chi connectivity index (χ3n) is 3.48. The third kappa shape index (κ3) is 3.83. The summed E-state index contributed by atoms with van der Waals surface area (Å²) in [4.78, 5) is 49.4. The Hall–Kier alpha value is -2.61. The van der Waals surface area contributed by atoms with Crippen molar-refractivity contribution in [2.24, 2.45) is 0 Å². The number of urea groups is 1. The van der Waals surface area contributed by atoms with E-state index in [1.165, 1.54) is 19.0 Å². The van der Waals surface area contributed by atoms with E-state index >= 15 is 0 Å². The number of ether oxygens (including phenoxy) is 1. The molecule has 0 saturated carbocycles. The zero-order valence-corrected chi connectivity index (χ0v) is 13.9. The van der Waals surface area contributed by atoms with Crippen molar-refractivity contribution in [1.82, 2.24) is 14.7 Å². The number of rotatable bonds is 6. The number of carbonyl (C=O) groups excluding carboxylic acids is 4. The fraction of sp³-hybridized carbons (Fsp3) is 0.333. The van der Waals surface area contributed by atoms with Crippen LogP contribution in [0, 0.1) is 0 Å². The molecule has 8 nitrogen and oxygen atoms in total. The van der Waals surface area contributed by atoms with Gasteiger partial charge in [0.25, 0.3) is 0 Å². The first kappa shape index (κ1) is 17.7. The van der Waals surface area contributed by atoms with E-state index in [1.807, 2.05) is 0 Å². The third-order valence-corrected chi connectivity index (χ3v) is 3.73. The van der Waals surface area contributed by atoms with Crippen molar-refractivity contribution in [3.8, 4) is 5.75 Å². The van der Waals surface area contributed by atoms with Crippen LogP contribution in [0.3, 0.4) is 0 Å². The Balaban J connectivity index is 1.82. The second-order valence-electron chi connectivity index (χ2n) is 5.16. The standard InChI is InChI=1S/C15H16ClN3O5/c1-17(7-8-24-11-5-3-10(16)4-6-11)12(20)9-19-14(22)13(21)18(2)15(19)23/h3-6H,7-9H2,1-2H3. The van der Waals surface area contributed by atoms with E-state index in [4.69, 9.17) is 16.3 Å². The van der Waals surface area contributed by atoms with Crippen LogP contribution in [0.5, 0.6) is 5.75 Å². The van der Waals surface area contributed by atoms with Gasteiger partial charge in [0.05, 0.1) is 6.54 Å². The molecule has 0 spiro atoms. The molecule has 1 aromatic carbocycles. The zero-order valence-electron chi connectivity index (χ0n) is 13.2. The molecule has 0 N–H and O–H groups in total. The monoisotopic (exact) mass is 353 g/mol. The summed E-state index contributed by atoms with van der Waals surface area (Å²) in [6, 6.07) is 5.97. The van der Waals surface area contributed by atoms with Gasteiger partial charge < -0.3 is 9.64 Å². The van der Waals surface area contributed by atoms with Gasteiger partial charge in [-0.1, -0.05) is 11.6 Å². The topological polar surface area (TPSA) is 87.2 Å². The highest BCUT2D eigenvalue weighted by Gasteiger charge is 2.43. The highest BCUT2D eigenvalue weighted by Crippen LogP contribution is 2.15. The Bertz CT molecular complexity index is 676. The maximum absolute atomic E-state index is 12.1. The minimum atomic E-state index is -0.998. The molecule has 5 amide bonds.